The highest BCUT2D eigenvalue weighted by Gasteiger charge is 2.94. The highest BCUT2D eigenvalue weighted by atomic mass is 79.9. The zero-order valence-electron chi connectivity index (χ0n) is 8.30. The quantitative estimate of drug-likeness (QED) is 0.620. The minimum absolute atomic E-state index is 0.0849. The number of alkyl halides is 1. The molecular weight excluding hydrogens is 256 g/mol. The summed E-state index contributed by atoms with van der Waals surface area (Å²) in [5, 5.41) is 0. The third-order valence-electron chi connectivity index (χ3n) is 6.73. The topological polar surface area (TPSA) is 18.5 Å². The van der Waals surface area contributed by atoms with Crippen molar-refractivity contribution in [1.82, 2.24) is 0 Å². The lowest BCUT2D eigenvalue weighted by Crippen LogP contribution is -2.61. The van der Waals surface area contributed by atoms with Gasteiger partial charge < -0.3 is 9.47 Å². The van der Waals surface area contributed by atoms with Gasteiger partial charge in [0.25, 0.3) is 0 Å². The Morgan fingerprint density at radius 2 is 1.40 bits per heavy atom. The van der Waals surface area contributed by atoms with Gasteiger partial charge in [-0.25, -0.2) is 0 Å². The molecule has 0 aromatic rings. The van der Waals surface area contributed by atoms with E-state index in [1.54, 1.807) is 0 Å². The maximum atomic E-state index is 6.09. The van der Waals surface area contributed by atoms with Gasteiger partial charge in [0.2, 0.25) is 0 Å². The van der Waals surface area contributed by atoms with Crippen LogP contribution < -0.4 is 0 Å². The molecule has 6 aliphatic carbocycles. The van der Waals surface area contributed by atoms with Gasteiger partial charge in [-0.05, 0) is 35.5 Å². The van der Waals surface area contributed by atoms with E-state index >= 15 is 0 Å². The summed E-state index contributed by atoms with van der Waals surface area (Å²) in [5.74, 6) is 7.38. The van der Waals surface area contributed by atoms with Gasteiger partial charge in [0, 0.05) is 16.7 Å². The summed E-state index contributed by atoms with van der Waals surface area (Å²) in [7, 11) is 0. The molecule has 1 spiro atoms. The third-order valence-corrected chi connectivity index (χ3v) is 7.95. The fourth-order valence-corrected chi connectivity index (χ4v) is 8.30. The Morgan fingerprint density at radius 3 is 2.07 bits per heavy atom. The Kier molecular flexibility index (Phi) is 0.946. The maximum absolute atomic E-state index is 6.09. The number of hydrogen-bond acceptors (Lipinski definition) is 2. The van der Waals surface area contributed by atoms with Gasteiger partial charge in [0.1, 0.15) is 0 Å². The fourth-order valence-electron chi connectivity index (χ4n) is 6.91. The van der Waals surface area contributed by atoms with Crippen molar-refractivity contribution in [3.63, 3.8) is 0 Å². The van der Waals surface area contributed by atoms with E-state index in [0.29, 0.717) is 0 Å². The zero-order chi connectivity index (χ0) is 9.52. The Hall–Kier alpha value is 0.400. The minimum Gasteiger partial charge on any atom is -0.347 e. The summed E-state index contributed by atoms with van der Waals surface area (Å²) in [6.45, 7) is 1.68. The molecule has 7 rings (SSSR count). The second-order valence-corrected chi connectivity index (χ2v) is 7.44. The molecule has 1 saturated heterocycles. The van der Waals surface area contributed by atoms with Crippen molar-refractivity contribution in [2.45, 2.75) is 10.6 Å². The van der Waals surface area contributed by atoms with Crippen LogP contribution >= 0.6 is 15.9 Å². The largest absolute Gasteiger partial charge is 0.347 e. The Bertz CT molecular complexity index is 389. The second kappa shape index (κ2) is 1.85. The predicted molar refractivity (Wildman–Crippen MR) is 55.3 cm³/mol. The first kappa shape index (κ1) is 7.67. The summed E-state index contributed by atoms with van der Waals surface area (Å²) < 4.78 is 12.2. The Balaban J connectivity index is 1.63. The minimum atomic E-state index is -0.0849. The van der Waals surface area contributed by atoms with Crippen LogP contribution in [0.5, 0.6) is 0 Å². The van der Waals surface area contributed by atoms with Crippen LogP contribution in [0.4, 0.5) is 0 Å². The van der Waals surface area contributed by atoms with Crippen LogP contribution in [0.1, 0.15) is 0 Å². The van der Waals surface area contributed by atoms with Gasteiger partial charge in [0.15, 0.2) is 5.79 Å². The van der Waals surface area contributed by atoms with Crippen LogP contribution in [0.25, 0.3) is 0 Å². The van der Waals surface area contributed by atoms with Crippen molar-refractivity contribution < 1.29 is 9.47 Å². The molecule has 0 radical (unpaired) electrons. The molecule has 80 valence electrons. The van der Waals surface area contributed by atoms with Crippen LogP contribution in [0.2, 0.25) is 0 Å². The van der Waals surface area contributed by atoms with E-state index in [4.69, 9.17) is 9.47 Å². The van der Waals surface area contributed by atoms with Gasteiger partial charge in [-0.1, -0.05) is 15.9 Å². The first-order chi connectivity index (χ1) is 7.36. The Labute approximate surface area is 96.8 Å². The van der Waals surface area contributed by atoms with E-state index in [1.807, 2.05) is 0 Å². The lowest BCUT2D eigenvalue weighted by atomic mass is 9.41. The van der Waals surface area contributed by atoms with E-state index in [1.165, 1.54) is 0 Å². The van der Waals surface area contributed by atoms with Crippen molar-refractivity contribution in [3.05, 3.63) is 0 Å². The summed E-state index contributed by atoms with van der Waals surface area (Å²) in [6, 6.07) is 0. The predicted octanol–water partition coefficient (Wildman–Crippen LogP) is 1.49. The van der Waals surface area contributed by atoms with Crippen LogP contribution in [0.15, 0.2) is 0 Å². The van der Waals surface area contributed by atoms with Gasteiger partial charge >= 0.3 is 0 Å². The standard InChI is InChI=1S/C12H13BrO2/c13-11-7-3-4-6(7)10-8(11)5(3)9(4)12(10)14-1-2-15-12/h3-11H,1-2H2. The SMILES string of the molecule is BrC1C2C3C4C1C1C2C3C4C12OCCO2. The maximum Gasteiger partial charge on any atom is 0.175 e. The molecule has 1 heterocycles. The number of rotatable bonds is 0. The van der Waals surface area contributed by atoms with Crippen molar-refractivity contribution in [2.24, 2.45) is 47.3 Å². The van der Waals surface area contributed by atoms with E-state index in [9.17, 15) is 0 Å². The molecule has 15 heavy (non-hydrogen) atoms. The zero-order valence-corrected chi connectivity index (χ0v) is 9.89. The average molecular weight is 269 g/mol. The third kappa shape index (κ3) is 0.460. The molecule has 3 heteroatoms. The molecule has 0 N–H and O–H groups in total. The normalized spacial score (nSPS) is 77.8. The fraction of sp³-hybridized carbons (Fsp3) is 1.00. The molecule has 7 aliphatic rings. The van der Waals surface area contributed by atoms with Gasteiger partial charge in [0.05, 0.1) is 13.2 Å². The van der Waals surface area contributed by atoms with E-state index in [2.05, 4.69) is 15.9 Å². The Morgan fingerprint density at radius 1 is 0.800 bits per heavy atom. The van der Waals surface area contributed by atoms with Gasteiger partial charge in [-0.3, -0.25) is 0 Å². The first-order valence-electron chi connectivity index (χ1n) is 6.28. The molecule has 9 atom stereocenters. The van der Waals surface area contributed by atoms with E-state index in [0.717, 1.165) is 65.4 Å². The highest BCUT2D eigenvalue weighted by molar-refractivity contribution is 9.09. The summed E-state index contributed by atoms with van der Waals surface area (Å²) >= 11 is 3.96. The van der Waals surface area contributed by atoms with Crippen LogP contribution in [-0.2, 0) is 9.47 Å². The van der Waals surface area contributed by atoms with Crippen molar-refractivity contribution >= 4 is 15.9 Å². The lowest BCUT2D eigenvalue weighted by Gasteiger charge is -2.63. The van der Waals surface area contributed by atoms with Crippen LogP contribution in [-0.4, -0.2) is 23.8 Å². The molecule has 0 aromatic carbocycles. The van der Waals surface area contributed by atoms with Crippen LogP contribution in [0.3, 0.4) is 0 Å². The molecule has 0 aromatic heterocycles. The second-order valence-electron chi connectivity index (χ2n) is 6.38. The molecule has 0 amide bonds. The molecule has 6 saturated carbocycles. The van der Waals surface area contributed by atoms with Crippen LogP contribution in [0, 0.1) is 47.3 Å². The summed E-state index contributed by atoms with van der Waals surface area (Å²) in [5.41, 5.74) is 0. The molecule has 2 nitrogen and oxygen atoms in total. The van der Waals surface area contributed by atoms with E-state index in [-0.39, 0.29) is 5.79 Å². The van der Waals surface area contributed by atoms with Crippen molar-refractivity contribution in [1.29, 1.82) is 0 Å². The van der Waals surface area contributed by atoms with Gasteiger partial charge in [-0.2, -0.15) is 0 Å². The molecule has 9 unspecified atom stereocenters. The summed E-state index contributed by atoms with van der Waals surface area (Å²) in [6.07, 6.45) is 0. The molecule has 7 fully saturated rings. The number of hydrogen-bond donors (Lipinski definition) is 0. The monoisotopic (exact) mass is 268 g/mol. The van der Waals surface area contributed by atoms with Gasteiger partial charge in [-0.15, -0.1) is 0 Å². The van der Waals surface area contributed by atoms with E-state index < -0.39 is 0 Å². The molecular formula is C12H13BrO2. The average Bonchev–Trinajstić information content (AvgIpc) is 2.87. The van der Waals surface area contributed by atoms with Crippen molar-refractivity contribution in [2.75, 3.05) is 13.2 Å². The van der Waals surface area contributed by atoms with Crippen molar-refractivity contribution in [3.8, 4) is 0 Å². The summed E-state index contributed by atoms with van der Waals surface area (Å²) in [4.78, 5) is 0.802. The lowest BCUT2D eigenvalue weighted by molar-refractivity contribution is -0.226. The smallest absolute Gasteiger partial charge is 0.175 e. The first-order valence-corrected chi connectivity index (χ1v) is 7.20. The number of halogens is 1. The molecule has 1 aliphatic heterocycles. The number of ether oxygens (including phenoxy) is 2. The molecule has 4 bridgehead atoms. The highest BCUT2D eigenvalue weighted by Crippen LogP contribution is 2.92.